The van der Waals surface area contributed by atoms with Crippen LogP contribution in [0, 0.1) is 5.92 Å². The summed E-state index contributed by atoms with van der Waals surface area (Å²) in [5.74, 6) is 0.470. The van der Waals surface area contributed by atoms with Crippen molar-refractivity contribution in [1.29, 1.82) is 0 Å². The van der Waals surface area contributed by atoms with E-state index in [0.29, 0.717) is 5.92 Å². The first-order valence-corrected chi connectivity index (χ1v) is 4.56. The lowest BCUT2D eigenvalue weighted by Gasteiger charge is -1.98. The molecule has 1 radical (unpaired) electrons. The first-order valence-electron chi connectivity index (χ1n) is 4.56. The number of carbonyl (C=O) groups excluding carboxylic acids is 1. The van der Waals surface area contributed by atoms with Gasteiger partial charge in [-0.15, -0.1) is 0 Å². The summed E-state index contributed by atoms with van der Waals surface area (Å²) in [7, 11) is 0. The van der Waals surface area contributed by atoms with Crippen LogP contribution in [0.5, 0.6) is 0 Å². The van der Waals surface area contributed by atoms with Gasteiger partial charge in [0.25, 0.3) is 0 Å². The van der Waals surface area contributed by atoms with Crippen LogP contribution in [-0.2, 0) is 4.79 Å². The van der Waals surface area contributed by atoms with Gasteiger partial charge in [0.2, 0.25) is 5.91 Å². The van der Waals surface area contributed by atoms with Gasteiger partial charge >= 0.3 is 0 Å². The summed E-state index contributed by atoms with van der Waals surface area (Å²) < 4.78 is 0. The summed E-state index contributed by atoms with van der Waals surface area (Å²) in [5.41, 5.74) is 0. The molecule has 0 bridgehead atoms. The molecule has 1 saturated carbocycles. The van der Waals surface area contributed by atoms with Gasteiger partial charge in [0.1, 0.15) is 0 Å². The molecule has 0 saturated heterocycles. The topological polar surface area (TPSA) is 31.2 Å². The van der Waals surface area contributed by atoms with E-state index < -0.39 is 0 Å². The van der Waals surface area contributed by atoms with E-state index in [2.05, 4.69) is 12.2 Å². The third-order valence-corrected chi connectivity index (χ3v) is 1.96. The van der Waals surface area contributed by atoms with Crippen molar-refractivity contribution in [3.63, 3.8) is 0 Å². The number of hydrogen-bond donors (Lipinski definition) is 0. The molecule has 0 aromatic rings. The molecule has 1 aliphatic rings. The highest BCUT2D eigenvalue weighted by Crippen LogP contribution is 2.28. The van der Waals surface area contributed by atoms with Crippen LogP contribution in [-0.4, -0.2) is 12.5 Å². The molecule has 1 aliphatic carbocycles. The van der Waals surface area contributed by atoms with Crippen LogP contribution >= 0.6 is 0 Å². The predicted molar refractivity (Wildman–Crippen MR) is 44.3 cm³/mol. The molecule has 1 fully saturated rings. The summed E-state index contributed by atoms with van der Waals surface area (Å²) >= 11 is 0. The average Bonchev–Trinajstić information content (AvgIpc) is 2.79. The first kappa shape index (κ1) is 8.57. The molecule has 0 unspecified atom stereocenters. The van der Waals surface area contributed by atoms with E-state index in [9.17, 15) is 4.79 Å². The minimum Gasteiger partial charge on any atom is -0.273 e. The Morgan fingerprint density at radius 2 is 2.18 bits per heavy atom. The number of unbranched alkanes of at least 4 members (excludes halogenated alkanes) is 2. The van der Waals surface area contributed by atoms with Crippen LogP contribution < -0.4 is 5.32 Å². The fourth-order valence-corrected chi connectivity index (χ4v) is 1.01. The van der Waals surface area contributed by atoms with E-state index in [1.165, 1.54) is 12.8 Å². The molecule has 2 nitrogen and oxygen atoms in total. The fraction of sp³-hybridized carbons (Fsp3) is 0.889. The summed E-state index contributed by atoms with van der Waals surface area (Å²) in [6.07, 6.45) is 5.63. The molecule has 0 spiro atoms. The largest absolute Gasteiger partial charge is 0.273 e. The van der Waals surface area contributed by atoms with Crippen molar-refractivity contribution in [3.05, 3.63) is 0 Å². The molecule has 0 aromatic heterocycles. The van der Waals surface area contributed by atoms with Crippen LogP contribution in [0.15, 0.2) is 0 Å². The quantitative estimate of drug-likeness (QED) is 0.555. The molecule has 11 heavy (non-hydrogen) atoms. The maximum atomic E-state index is 11.0. The highest BCUT2D eigenvalue weighted by atomic mass is 16.2. The van der Waals surface area contributed by atoms with Crippen molar-refractivity contribution in [2.75, 3.05) is 6.54 Å². The van der Waals surface area contributed by atoms with Gasteiger partial charge in [-0.1, -0.05) is 19.8 Å². The van der Waals surface area contributed by atoms with Crippen LogP contribution in [0.25, 0.3) is 0 Å². The minimum atomic E-state index is 0.154. The first-order chi connectivity index (χ1) is 5.34. The standard InChI is InChI=1S/C9H16NO/c1-2-3-4-7-10-9(11)8-5-6-8/h8H,2-7H2,1H3. The second-order valence-electron chi connectivity index (χ2n) is 3.20. The van der Waals surface area contributed by atoms with Gasteiger partial charge in [-0.2, -0.15) is 0 Å². The zero-order valence-electron chi connectivity index (χ0n) is 7.18. The Morgan fingerprint density at radius 1 is 1.45 bits per heavy atom. The minimum absolute atomic E-state index is 0.154. The number of amides is 1. The third-order valence-electron chi connectivity index (χ3n) is 1.96. The zero-order chi connectivity index (χ0) is 8.10. The van der Waals surface area contributed by atoms with Gasteiger partial charge < -0.3 is 0 Å². The van der Waals surface area contributed by atoms with Crippen molar-refractivity contribution in [2.45, 2.75) is 39.0 Å². The lowest BCUT2D eigenvalue weighted by molar-refractivity contribution is -0.122. The van der Waals surface area contributed by atoms with E-state index in [-0.39, 0.29) is 5.91 Å². The number of nitrogens with zero attached hydrogens (tertiary/aromatic N) is 1. The van der Waals surface area contributed by atoms with Crippen LogP contribution in [0.1, 0.15) is 39.0 Å². The smallest absolute Gasteiger partial charge is 0.244 e. The molecular weight excluding hydrogens is 138 g/mol. The monoisotopic (exact) mass is 154 g/mol. The lowest BCUT2D eigenvalue weighted by atomic mass is 10.2. The SMILES string of the molecule is CCCCC[N]C(=O)C1CC1. The van der Waals surface area contributed by atoms with E-state index in [4.69, 9.17) is 0 Å². The van der Waals surface area contributed by atoms with E-state index in [1.807, 2.05) is 0 Å². The molecule has 0 N–H and O–H groups in total. The van der Waals surface area contributed by atoms with Crippen molar-refractivity contribution < 1.29 is 4.79 Å². The normalized spacial score (nSPS) is 16.5. The molecule has 1 rings (SSSR count). The summed E-state index contributed by atoms with van der Waals surface area (Å²) in [4.78, 5) is 11.0. The Bertz CT molecular complexity index is 130. The maximum absolute atomic E-state index is 11.0. The third kappa shape index (κ3) is 3.40. The Kier molecular flexibility index (Phi) is 3.40. The second kappa shape index (κ2) is 4.37. The molecule has 63 valence electrons. The molecule has 0 aliphatic heterocycles. The molecule has 0 heterocycles. The van der Waals surface area contributed by atoms with Crippen LogP contribution in [0.3, 0.4) is 0 Å². The Labute approximate surface area is 68.4 Å². The molecule has 0 aromatic carbocycles. The Morgan fingerprint density at radius 3 is 2.73 bits per heavy atom. The van der Waals surface area contributed by atoms with Crippen molar-refractivity contribution >= 4 is 5.91 Å². The highest BCUT2D eigenvalue weighted by molar-refractivity contribution is 5.80. The fourth-order valence-electron chi connectivity index (χ4n) is 1.01. The second-order valence-corrected chi connectivity index (χ2v) is 3.20. The zero-order valence-corrected chi connectivity index (χ0v) is 7.18. The van der Waals surface area contributed by atoms with Crippen molar-refractivity contribution in [3.8, 4) is 0 Å². The summed E-state index contributed by atoms with van der Waals surface area (Å²) in [5, 5.41) is 3.98. The van der Waals surface area contributed by atoms with Gasteiger partial charge in [0.05, 0.1) is 0 Å². The molecular formula is C9H16NO. The van der Waals surface area contributed by atoms with Gasteiger partial charge in [-0.05, 0) is 19.3 Å². The number of rotatable bonds is 5. The van der Waals surface area contributed by atoms with Crippen molar-refractivity contribution in [2.24, 2.45) is 5.92 Å². The van der Waals surface area contributed by atoms with Gasteiger partial charge in [0.15, 0.2) is 0 Å². The van der Waals surface area contributed by atoms with Gasteiger partial charge in [0, 0.05) is 12.5 Å². The summed E-state index contributed by atoms with van der Waals surface area (Å²) in [6, 6.07) is 0. The van der Waals surface area contributed by atoms with Gasteiger partial charge in [-0.3, -0.25) is 10.1 Å². The van der Waals surface area contributed by atoms with Crippen LogP contribution in [0.4, 0.5) is 0 Å². The van der Waals surface area contributed by atoms with Crippen molar-refractivity contribution in [1.82, 2.24) is 5.32 Å². The molecule has 2 heteroatoms. The Hall–Kier alpha value is -0.530. The lowest BCUT2D eigenvalue weighted by Crippen LogP contribution is -2.18. The van der Waals surface area contributed by atoms with E-state index in [1.54, 1.807) is 0 Å². The number of hydrogen-bond acceptors (Lipinski definition) is 1. The van der Waals surface area contributed by atoms with E-state index >= 15 is 0 Å². The van der Waals surface area contributed by atoms with Crippen LogP contribution in [0.2, 0.25) is 0 Å². The summed E-state index contributed by atoms with van der Waals surface area (Å²) in [6.45, 7) is 2.91. The average molecular weight is 154 g/mol. The highest BCUT2D eigenvalue weighted by Gasteiger charge is 2.29. The van der Waals surface area contributed by atoms with E-state index in [0.717, 1.165) is 25.8 Å². The van der Waals surface area contributed by atoms with Gasteiger partial charge in [-0.25, -0.2) is 0 Å². The number of carbonyl (C=O) groups is 1. The molecule has 0 atom stereocenters. The molecule has 1 amide bonds. The Balaban J connectivity index is 1.89. The maximum Gasteiger partial charge on any atom is 0.244 e. The predicted octanol–water partition coefficient (Wildman–Crippen LogP) is 1.72.